The summed E-state index contributed by atoms with van der Waals surface area (Å²) < 4.78 is 5.29. The number of rotatable bonds is 4. The Balaban J connectivity index is 1.66. The van der Waals surface area contributed by atoms with Crippen LogP contribution in [0.15, 0.2) is 54.9 Å². The standard InChI is InChI=1S/C20H20N4O2/c1-26-15-7-4-6-14(12-15)19-16(13-22-23-19)20(25)24-11-5-9-18(24)17-8-2-3-10-21-17/h2-4,6-8,10,12-13,18H,5,9,11H2,1H3,(H,22,23)/t18-/m0/s1. The largest absolute Gasteiger partial charge is 0.497 e. The van der Waals surface area contributed by atoms with E-state index < -0.39 is 0 Å². The number of aromatic amines is 1. The van der Waals surface area contributed by atoms with E-state index in [-0.39, 0.29) is 11.9 Å². The molecule has 2 aromatic heterocycles. The first-order chi connectivity index (χ1) is 12.8. The highest BCUT2D eigenvalue weighted by Gasteiger charge is 2.33. The number of benzene rings is 1. The predicted octanol–water partition coefficient (Wildman–Crippen LogP) is 3.46. The molecule has 4 rings (SSSR count). The monoisotopic (exact) mass is 348 g/mol. The summed E-state index contributed by atoms with van der Waals surface area (Å²) in [5.41, 5.74) is 3.09. The van der Waals surface area contributed by atoms with Gasteiger partial charge in [-0.05, 0) is 37.1 Å². The first kappa shape index (κ1) is 16.3. The van der Waals surface area contributed by atoms with Gasteiger partial charge in [-0.3, -0.25) is 14.9 Å². The van der Waals surface area contributed by atoms with Gasteiger partial charge in [-0.1, -0.05) is 18.2 Å². The van der Waals surface area contributed by atoms with Gasteiger partial charge in [0.25, 0.3) is 5.91 Å². The molecule has 1 N–H and O–H groups in total. The summed E-state index contributed by atoms with van der Waals surface area (Å²) in [6.45, 7) is 0.725. The van der Waals surface area contributed by atoms with Gasteiger partial charge < -0.3 is 9.64 Å². The van der Waals surface area contributed by atoms with Crippen molar-refractivity contribution in [1.82, 2.24) is 20.1 Å². The van der Waals surface area contributed by atoms with Crippen LogP contribution in [0, 0.1) is 0 Å². The third-order valence-corrected chi connectivity index (χ3v) is 4.77. The topological polar surface area (TPSA) is 71.1 Å². The Morgan fingerprint density at radius 2 is 2.19 bits per heavy atom. The number of likely N-dealkylation sites (tertiary alicyclic amines) is 1. The normalized spacial score (nSPS) is 16.7. The van der Waals surface area contributed by atoms with Crippen LogP contribution in [-0.2, 0) is 0 Å². The molecule has 26 heavy (non-hydrogen) atoms. The lowest BCUT2D eigenvalue weighted by atomic mass is 10.1. The molecule has 0 unspecified atom stereocenters. The summed E-state index contributed by atoms with van der Waals surface area (Å²) in [6.07, 6.45) is 5.27. The number of ether oxygens (including phenoxy) is 1. The molecule has 0 aliphatic carbocycles. The molecule has 1 aromatic carbocycles. The van der Waals surface area contributed by atoms with Crippen molar-refractivity contribution in [3.63, 3.8) is 0 Å². The van der Waals surface area contributed by atoms with E-state index in [0.717, 1.165) is 36.4 Å². The number of carbonyl (C=O) groups is 1. The molecule has 3 heterocycles. The Hall–Kier alpha value is -3.15. The maximum atomic E-state index is 13.2. The lowest BCUT2D eigenvalue weighted by Gasteiger charge is -2.24. The number of carbonyl (C=O) groups excluding carboxylic acids is 1. The van der Waals surface area contributed by atoms with Crippen molar-refractivity contribution in [3.8, 4) is 17.0 Å². The molecule has 1 aliphatic heterocycles. The summed E-state index contributed by atoms with van der Waals surface area (Å²) in [5.74, 6) is 0.716. The van der Waals surface area contributed by atoms with E-state index in [1.54, 1.807) is 19.5 Å². The Morgan fingerprint density at radius 3 is 3.00 bits per heavy atom. The maximum Gasteiger partial charge on any atom is 0.258 e. The van der Waals surface area contributed by atoms with Crippen LogP contribution in [0.2, 0.25) is 0 Å². The lowest BCUT2D eigenvalue weighted by molar-refractivity contribution is 0.0734. The third-order valence-electron chi connectivity index (χ3n) is 4.77. The first-order valence-electron chi connectivity index (χ1n) is 8.67. The van der Waals surface area contributed by atoms with Crippen molar-refractivity contribution >= 4 is 5.91 Å². The van der Waals surface area contributed by atoms with Crippen LogP contribution in [0.4, 0.5) is 0 Å². The average molecular weight is 348 g/mol. The van der Waals surface area contributed by atoms with Crippen LogP contribution in [-0.4, -0.2) is 39.6 Å². The molecule has 132 valence electrons. The predicted molar refractivity (Wildman–Crippen MR) is 97.8 cm³/mol. The zero-order chi connectivity index (χ0) is 17.9. The zero-order valence-electron chi connectivity index (χ0n) is 14.6. The molecule has 1 aliphatic rings. The van der Waals surface area contributed by atoms with Crippen molar-refractivity contribution in [2.75, 3.05) is 13.7 Å². The van der Waals surface area contributed by atoms with Gasteiger partial charge in [0.15, 0.2) is 0 Å². The summed E-state index contributed by atoms with van der Waals surface area (Å²) in [5, 5.41) is 7.08. The third kappa shape index (κ3) is 2.94. The zero-order valence-corrected chi connectivity index (χ0v) is 14.6. The number of hydrogen-bond acceptors (Lipinski definition) is 4. The van der Waals surface area contributed by atoms with Crippen molar-refractivity contribution in [1.29, 1.82) is 0 Å². The number of H-pyrrole nitrogens is 1. The summed E-state index contributed by atoms with van der Waals surface area (Å²) >= 11 is 0. The van der Waals surface area contributed by atoms with Gasteiger partial charge in [-0.2, -0.15) is 5.10 Å². The van der Waals surface area contributed by atoms with Gasteiger partial charge in [0, 0.05) is 18.3 Å². The van der Waals surface area contributed by atoms with Crippen LogP contribution in [0.25, 0.3) is 11.3 Å². The van der Waals surface area contributed by atoms with Crippen LogP contribution < -0.4 is 4.74 Å². The Labute approximate surface area is 151 Å². The van der Waals surface area contributed by atoms with Crippen molar-refractivity contribution in [2.45, 2.75) is 18.9 Å². The summed E-state index contributed by atoms with van der Waals surface area (Å²) in [7, 11) is 1.62. The average Bonchev–Trinajstić information content (AvgIpc) is 3.38. The molecule has 0 saturated carbocycles. The smallest absolute Gasteiger partial charge is 0.258 e. The molecule has 6 nitrogen and oxygen atoms in total. The molecule has 1 amide bonds. The minimum Gasteiger partial charge on any atom is -0.497 e. The van der Waals surface area contributed by atoms with Crippen molar-refractivity contribution in [2.24, 2.45) is 0 Å². The van der Waals surface area contributed by atoms with Gasteiger partial charge in [0.05, 0.1) is 36.3 Å². The fraction of sp³-hybridized carbons (Fsp3) is 0.250. The molecule has 1 saturated heterocycles. The number of amides is 1. The Kier molecular flexibility index (Phi) is 4.39. The number of nitrogens with one attached hydrogen (secondary N) is 1. The fourth-order valence-corrected chi connectivity index (χ4v) is 3.49. The van der Waals surface area contributed by atoms with Crippen LogP contribution >= 0.6 is 0 Å². The van der Waals surface area contributed by atoms with E-state index in [1.807, 2.05) is 47.4 Å². The van der Waals surface area contributed by atoms with Crippen molar-refractivity contribution < 1.29 is 9.53 Å². The minimum absolute atomic E-state index is 0.0109. The van der Waals surface area contributed by atoms with Crippen LogP contribution in [0.1, 0.15) is 34.9 Å². The molecule has 3 aromatic rings. The number of methoxy groups -OCH3 is 1. The maximum absolute atomic E-state index is 13.2. The van der Waals surface area contributed by atoms with E-state index in [9.17, 15) is 4.79 Å². The molecular formula is C20H20N4O2. The van der Waals surface area contributed by atoms with E-state index >= 15 is 0 Å². The van der Waals surface area contributed by atoms with E-state index in [2.05, 4.69) is 15.2 Å². The Bertz CT molecular complexity index is 907. The molecule has 0 bridgehead atoms. The van der Waals surface area contributed by atoms with E-state index in [4.69, 9.17) is 4.74 Å². The molecule has 1 fully saturated rings. The second-order valence-corrected chi connectivity index (χ2v) is 6.30. The summed E-state index contributed by atoms with van der Waals surface area (Å²) in [6, 6.07) is 13.4. The molecular weight excluding hydrogens is 328 g/mol. The van der Waals surface area contributed by atoms with Crippen LogP contribution in [0.3, 0.4) is 0 Å². The van der Waals surface area contributed by atoms with E-state index in [0.29, 0.717) is 11.3 Å². The molecule has 0 radical (unpaired) electrons. The minimum atomic E-state index is -0.0234. The number of pyridine rings is 1. The highest BCUT2D eigenvalue weighted by atomic mass is 16.5. The molecule has 0 spiro atoms. The number of hydrogen-bond donors (Lipinski definition) is 1. The second-order valence-electron chi connectivity index (χ2n) is 6.30. The van der Waals surface area contributed by atoms with Gasteiger partial charge in [-0.15, -0.1) is 0 Å². The SMILES string of the molecule is COc1cccc(-c2[nH]ncc2C(=O)N2CCC[C@H]2c2ccccn2)c1. The van der Waals surface area contributed by atoms with E-state index in [1.165, 1.54) is 0 Å². The fourth-order valence-electron chi connectivity index (χ4n) is 3.49. The lowest BCUT2D eigenvalue weighted by Crippen LogP contribution is -2.31. The van der Waals surface area contributed by atoms with Gasteiger partial charge in [0.2, 0.25) is 0 Å². The highest BCUT2D eigenvalue weighted by Crippen LogP contribution is 2.34. The second kappa shape index (κ2) is 7.00. The van der Waals surface area contributed by atoms with Crippen molar-refractivity contribution in [3.05, 3.63) is 66.1 Å². The number of aromatic nitrogens is 3. The first-order valence-corrected chi connectivity index (χ1v) is 8.67. The Morgan fingerprint density at radius 1 is 1.27 bits per heavy atom. The van der Waals surface area contributed by atoms with Gasteiger partial charge in [-0.25, -0.2) is 0 Å². The summed E-state index contributed by atoms with van der Waals surface area (Å²) in [4.78, 5) is 19.6. The molecule has 6 heteroatoms. The van der Waals surface area contributed by atoms with Gasteiger partial charge >= 0.3 is 0 Å². The molecule has 1 atom stereocenters. The van der Waals surface area contributed by atoms with Gasteiger partial charge in [0.1, 0.15) is 5.75 Å². The highest BCUT2D eigenvalue weighted by molar-refractivity contribution is 6.00. The quantitative estimate of drug-likeness (QED) is 0.784. The number of nitrogens with zero attached hydrogens (tertiary/aromatic N) is 3. The van der Waals surface area contributed by atoms with Crippen LogP contribution in [0.5, 0.6) is 5.75 Å².